The van der Waals surface area contributed by atoms with Crippen LogP contribution in [0.1, 0.15) is 31.4 Å². The van der Waals surface area contributed by atoms with Gasteiger partial charge < -0.3 is 15.5 Å². The molecule has 5 heteroatoms. The van der Waals surface area contributed by atoms with Gasteiger partial charge in [0.25, 0.3) is 0 Å². The van der Waals surface area contributed by atoms with E-state index in [-0.39, 0.29) is 5.91 Å². The van der Waals surface area contributed by atoms with Crippen LogP contribution in [0.25, 0.3) is 0 Å². The van der Waals surface area contributed by atoms with Crippen LogP contribution in [0.15, 0.2) is 18.2 Å². The van der Waals surface area contributed by atoms with E-state index >= 15 is 0 Å². The van der Waals surface area contributed by atoms with Crippen LogP contribution in [0.5, 0.6) is 0 Å². The molecular formula is C16H22N4O. The number of hydrogen-bond donors (Lipinski definition) is 2. The van der Waals surface area contributed by atoms with Crippen LogP contribution in [-0.4, -0.2) is 31.6 Å². The first-order valence-electron chi connectivity index (χ1n) is 7.38. The van der Waals surface area contributed by atoms with Crippen molar-refractivity contribution in [2.75, 3.05) is 24.5 Å². The van der Waals surface area contributed by atoms with Crippen molar-refractivity contribution in [3.05, 3.63) is 29.3 Å². The Hall–Kier alpha value is -2.06. The number of amides is 1. The molecule has 5 nitrogen and oxygen atoms in total. The number of rotatable bonds is 4. The Balaban J connectivity index is 2.19. The number of benzene rings is 1. The van der Waals surface area contributed by atoms with E-state index in [1.54, 1.807) is 0 Å². The monoisotopic (exact) mass is 286 g/mol. The Kier molecular flexibility index (Phi) is 5.18. The van der Waals surface area contributed by atoms with Gasteiger partial charge in [-0.15, -0.1) is 0 Å². The third kappa shape index (κ3) is 4.20. The molecule has 1 fully saturated rings. The topological polar surface area (TPSA) is 68.2 Å². The summed E-state index contributed by atoms with van der Waals surface area (Å²) in [5.74, 6) is 0.0157. The molecular weight excluding hydrogens is 264 g/mol. The van der Waals surface area contributed by atoms with Crippen molar-refractivity contribution in [1.29, 1.82) is 5.26 Å². The molecule has 2 rings (SSSR count). The summed E-state index contributed by atoms with van der Waals surface area (Å²) in [6.45, 7) is 6.74. The Morgan fingerprint density at radius 3 is 3.00 bits per heavy atom. The Morgan fingerprint density at radius 1 is 1.48 bits per heavy atom. The molecule has 1 aromatic rings. The van der Waals surface area contributed by atoms with Crippen LogP contribution in [-0.2, 0) is 11.3 Å². The predicted octanol–water partition coefficient (Wildman–Crippen LogP) is 1.38. The maximum atomic E-state index is 11.7. The minimum atomic E-state index is 0.0157. The molecule has 1 saturated heterocycles. The maximum Gasteiger partial charge on any atom is 0.239 e. The second-order valence-corrected chi connectivity index (χ2v) is 5.62. The van der Waals surface area contributed by atoms with Gasteiger partial charge in [0.2, 0.25) is 5.91 Å². The van der Waals surface area contributed by atoms with Gasteiger partial charge in [0.15, 0.2) is 0 Å². The highest BCUT2D eigenvalue weighted by molar-refractivity contribution is 5.82. The molecule has 1 amide bonds. The largest absolute Gasteiger partial charge is 0.361 e. The molecule has 0 radical (unpaired) electrons. The molecule has 1 aromatic carbocycles. The van der Waals surface area contributed by atoms with E-state index in [0.29, 0.717) is 24.7 Å². The summed E-state index contributed by atoms with van der Waals surface area (Å²) in [6.07, 6.45) is 0.896. The van der Waals surface area contributed by atoms with Crippen LogP contribution >= 0.6 is 0 Å². The number of nitrogens with zero attached hydrogens (tertiary/aromatic N) is 2. The van der Waals surface area contributed by atoms with Crippen molar-refractivity contribution in [3.63, 3.8) is 0 Å². The molecule has 0 aromatic heterocycles. The van der Waals surface area contributed by atoms with E-state index in [0.717, 1.165) is 30.8 Å². The minimum absolute atomic E-state index is 0.0157. The highest BCUT2D eigenvalue weighted by Gasteiger charge is 2.17. The SMILES string of the molecule is CC(C)NCc1ccc(N2CCCNC(=O)C2)c(C#N)c1. The minimum Gasteiger partial charge on any atom is -0.361 e. The molecule has 1 aliphatic rings. The summed E-state index contributed by atoms with van der Waals surface area (Å²) < 4.78 is 0. The zero-order valence-corrected chi connectivity index (χ0v) is 12.6. The molecule has 0 unspecified atom stereocenters. The van der Waals surface area contributed by atoms with Crippen LogP contribution in [0.3, 0.4) is 0 Å². The summed E-state index contributed by atoms with van der Waals surface area (Å²) >= 11 is 0. The van der Waals surface area contributed by atoms with Crippen molar-refractivity contribution in [2.24, 2.45) is 0 Å². The van der Waals surface area contributed by atoms with Crippen molar-refractivity contribution in [1.82, 2.24) is 10.6 Å². The van der Waals surface area contributed by atoms with E-state index in [1.165, 1.54) is 0 Å². The second kappa shape index (κ2) is 7.09. The molecule has 0 saturated carbocycles. The molecule has 0 aliphatic carbocycles. The molecule has 112 valence electrons. The fourth-order valence-corrected chi connectivity index (χ4v) is 2.39. The van der Waals surface area contributed by atoms with Crippen molar-refractivity contribution in [3.8, 4) is 6.07 Å². The highest BCUT2D eigenvalue weighted by atomic mass is 16.2. The fourth-order valence-electron chi connectivity index (χ4n) is 2.39. The fraction of sp³-hybridized carbons (Fsp3) is 0.500. The van der Waals surface area contributed by atoms with Gasteiger partial charge in [-0.1, -0.05) is 19.9 Å². The average Bonchev–Trinajstić information content (AvgIpc) is 2.69. The van der Waals surface area contributed by atoms with Crippen LogP contribution in [0, 0.1) is 11.3 Å². The van der Waals surface area contributed by atoms with Crippen LogP contribution in [0.2, 0.25) is 0 Å². The molecule has 21 heavy (non-hydrogen) atoms. The number of carbonyl (C=O) groups is 1. The van der Waals surface area contributed by atoms with Gasteiger partial charge in [-0.3, -0.25) is 4.79 Å². The highest BCUT2D eigenvalue weighted by Crippen LogP contribution is 2.22. The summed E-state index contributed by atoms with van der Waals surface area (Å²) in [4.78, 5) is 13.7. The van der Waals surface area contributed by atoms with E-state index in [1.807, 2.05) is 23.1 Å². The smallest absolute Gasteiger partial charge is 0.239 e. The summed E-state index contributed by atoms with van der Waals surface area (Å²) in [5.41, 5.74) is 2.57. The second-order valence-electron chi connectivity index (χ2n) is 5.62. The van der Waals surface area contributed by atoms with E-state index in [2.05, 4.69) is 30.6 Å². The van der Waals surface area contributed by atoms with Gasteiger partial charge in [0.05, 0.1) is 17.8 Å². The van der Waals surface area contributed by atoms with E-state index in [9.17, 15) is 10.1 Å². The van der Waals surface area contributed by atoms with Gasteiger partial charge in [0, 0.05) is 25.7 Å². The lowest BCUT2D eigenvalue weighted by atomic mass is 10.1. The number of nitriles is 1. The van der Waals surface area contributed by atoms with Crippen molar-refractivity contribution >= 4 is 11.6 Å². The molecule has 1 heterocycles. The predicted molar refractivity (Wildman–Crippen MR) is 83.0 cm³/mol. The Labute approximate surface area is 125 Å². The van der Waals surface area contributed by atoms with Crippen LogP contribution in [0.4, 0.5) is 5.69 Å². The third-order valence-electron chi connectivity index (χ3n) is 3.50. The van der Waals surface area contributed by atoms with Gasteiger partial charge in [-0.25, -0.2) is 0 Å². The molecule has 2 N–H and O–H groups in total. The lowest BCUT2D eigenvalue weighted by molar-refractivity contribution is -0.119. The first kappa shape index (κ1) is 15.3. The maximum absolute atomic E-state index is 11.7. The quantitative estimate of drug-likeness (QED) is 0.877. The number of anilines is 1. The lowest BCUT2D eigenvalue weighted by Crippen LogP contribution is -2.33. The van der Waals surface area contributed by atoms with E-state index in [4.69, 9.17) is 0 Å². The number of carbonyl (C=O) groups excluding carboxylic acids is 1. The van der Waals surface area contributed by atoms with Gasteiger partial charge in [0.1, 0.15) is 6.07 Å². The molecule has 0 spiro atoms. The summed E-state index contributed by atoms with van der Waals surface area (Å²) in [6, 6.07) is 8.55. The van der Waals surface area contributed by atoms with E-state index < -0.39 is 0 Å². The zero-order valence-electron chi connectivity index (χ0n) is 12.6. The molecule has 1 aliphatic heterocycles. The van der Waals surface area contributed by atoms with Gasteiger partial charge in [-0.05, 0) is 24.1 Å². The molecule has 0 bridgehead atoms. The van der Waals surface area contributed by atoms with Crippen molar-refractivity contribution < 1.29 is 4.79 Å². The number of nitrogens with one attached hydrogen (secondary N) is 2. The van der Waals surface area contributed by atoms with Crippen LogP contribution < -0.4 is 15.5 Å². The third-order valence-corrected chi connectivity index (χ3v) is 3.50. The lowest BCUT2D eigenvalue weighted by Gasteiger charge is -2.23. The summed E-state index contributed by atoms with van der Waals surface area (Å²) in [5, 5.41) is 15.6. The Bertz CT molecular complexity index is 548. The normalized spacial score (nSPS) is 15.5. The Morgan fingerprint density at radius 2 is 2.29 bits per heavy atom. The average molecular weight is 286 g/mol. The number of hydrogen-bond acceptors (Lipinski definition) is 4. The summed E-state index contributed by atoms with van der Waals surface area (Å²) in [7, 11) is 0. The molecule has 0 atom stereocenters. The zero-order chi connectivity index (χ0) is 15.2. The van der Waals surface area contributed by atoms with Gasteiger partial charge in [-0.2, -0.15) is 5.26 Å². The van der Waals surface area contributed by atoms with Gasteiger partial charge >= 0.3 is 0 Å². The first-order valence-corrected chi connectivity index (χ1v) is 7.38. The van der Waals surface area contributed by atoms with Crippen molar-refractivity contribution in [2.45, 2.75) is 32.9 Å². The first-order chi connectivity index (χ1) is 10.1. The standard InChI is InChI=1S/C16H22N4O/c1-12(2)19-10-13-4-5-15(14(8-13)9-17)20-7-3-6-18-16(21)11-20/h4-5,8,12,19H,3,6-7,10-11H2,1-2H3,(H,18,21).